The summed E-state index contributed by atoms with van der Waals surface area (Å²) in [6, 6.07) is 0. The summed E-state index contributed by atoms with van der Waals surface area (Å²) in [4.78, 5) is 23.2. The number of nitrogens with zero attached hydrogens (tertiary/aromatic N) is 1. The number of allylic oxidation sites excluding steroid dienone is 1. The minimum absolute atomic E-state index is 0.345. The number of amides is 1. The van der Waals surface area contributed by atoms with Crippen molar-refractivity contribution >= 4 is 12.2 Å². The maximum absolute atomic E-state index is 10.8. The molecule has 0 bridgehead atoms. The lowest BCUT2D eigenvalue weighted by molar-refractivity contribution is -0.114. The molecule has 0 aromatic heterocycles. The van der Waals surface area contributed by atoms with Crippen molar-refractivity contribution in [1.29, 1.82) is 0 Å². The number of carbonyl (C=O) groups excluding carboxylic acids is 2. The fourth-order valence-electron chi connectivity index (χ4n) is 1.73. The molecule has 114 valence electrons. The van der Waals surface area contributed by atoms with Gasteiger partial charge in [-0.15, -0.1) is 0 Å². The quantitative estimate of drug-likeness (QED) is 0.258. The Balaban J connectivity index is 3.57. The van der Waals surface area contributed by atoms with Crippen LogP contribution < -0.4 is 5.73 Å². The first-order valence-corrected chi connectivity index (χ1v) is 7.31. The van der Waals surface area contributed by atoms with Crippen molar-refractivity contribution in [1.82, 2.24) is 4.90 Å². The summed E-state index contributed by atoms with van der Waals surface area (Å²) >= 11 is 0. The van der Waals surface area contributed by atoms with E-state index in [4.69, 9.17) is 5.73 Å². The van der Waals surface area contributed by atoms with Crippen LogP contribution in [0.3, 0.4) is 0 Å². The Morgan fingerprint density at radius 3 is 2.45 bits per heavy atom. The predicted octanol–water partition coefficient (Wildman–Crippen LogP) is 2.45. The van der Waals surface area contributed by atoms with Crippen LogP contribution in [-0.2, 0) is 9.59 Å². The standard InChI is InChI=1S/C16H28N2O2/c1-15(16(17)20)11-10-13-18(2)12-8-6-4-3-5-7-9-14-19/h6,8,11,14H,3-5,7,9-10,12-13H2,1-2H3,(H2,17,20). The molecule has 0 heterocycles. The number of aldehydes is 1. The van der Waals surface area contributed by atoms with E-state index in [1.807, 2.05) is 6.08 Å². The molecule has 0 aliphatic carbocycles. The van der Waals surface area contributed by atoms with Crippen molar-refractivity contribution in [3.63, 3.8) is 0 Å². The van der Waals surface area contributed by atoms with Crippen LogP contribution in [0.4, 0.5) is 0 Å². The number of hydrogen-bond acceptors (Lipinski definition) is 3. The van der Waals surface area contributed by atoms with Crippen LogP contribution in [-0.4, -0.2) is 37.2 Å². The molecule has 0 saturated carbocycles. The third-order valence-corrected chi connectivity index (χ3v) is 3.13. The smallest absolute Gasteiger partial charge is 0.244 e. The van der Waals surface area contributed by atoms with Gasteiger partial charge < -0.3 is 15.4 Å². The zero-order valence-electron chi connectivity index (χ0n) is 12.8. The van der Waals surface area contributed by atoms with Crippen LogP contribution in [0.5, 0.6) is 0 Å². The number of likely N-dealkylation sites (N-methyl/N-ethyl adjacent to an activating group) is 1. The lowest BCUT2D eigenvalue weighted by atomic mass is 10.1. The van der Waals surface area contributed by atoms with E-state index in [9.17, 15) is 9.59 Å². The van der Waals surface area contributed by atoms with Gasteiger partial charge in [0.05, 0.1) is 0 Å². The Morgan fingerprint density at radius 2 is 1.80 bits per heavy atom. The van der Waals surface area contributed by atoms with E-state index in [0.29, 0.717) is 12.0 Å². The fourth-order valence-corrected chi connectivity index (χ4v) is 1.73. The van der Waals surface area contributed by atoms with Crippen LogP contribution in [0.1, 0.15) is 45.4 Å². The molecule has 0 fully saturated rings. The maximum atomic E-state index is 10.8. The van der Waals surface area contributed by atoms with Gasteiger partial charge in [-0.25, -0.2) is 0 Å². The number of rotatable bonds is 12. The van der Waals surface area contributed by atoms with E-state index in [1.54, 1.807) is 6.92 Å². The van der Waals surface area contributed by atoms with E-state index in [1.165, 1.54) is 0 Å². The van der Waals surface area contributed by atoms with Gasteiger partial charge in [-0.05, 0) is 39.7 Å². The highest BCUT2D eigenvalue weighted by atomic mass is 16.1. The number of unbranched alkanes of at least 4 members (excludes halogenated alkanes) is 4. The number of hydrogen-bond donors (Lipinski definition) is 1. The molecule has 20 heavy (non-hydrogen) atoms. The summed E-state index contributed by atoms with van der Waals surface area (Å²) in [5.74, 6) is -0.345. The van der Waals surface area contributed by atoms with Gasteiger partial charge in [0.2, 0.25) is 5.91 Å². The summed E-state index contributed by atoms with van der Waals surface area (Å²) in [5, 5.41) is 0. The van der Waals surface area contributed by atoms with Gasteiger partial charge >= 0.3 is 0 Å². The molecule has 0 atom stereocenters. The molecular formula is C16H28N2O2. The average molecular weight is 280 g/mol. The summed E-state index contributed by atoms with van der Waals surface area (Å²) in [7, 11) is 2.06. The summed E-state index contributed by atoms with van der Waals surface area (Å²) in [5.41, 5.74) is 5.79. The van der Waals surface area contributed by atoms with Crippen molar-refractivity contribution < 1.29 is 9.59 Å². The molecule has 4 heteroatoms. The molecule has 1 amide bonds. The van der Waals surface area contributed by atoms with E-state index in [0.717, 1.165) is 51.5 Å². The normalized spacial score (nSPS) is 12.2. The number of carbonyl (C=O) groups is 2. The van der Waals surface area contributed by atoms with E-state index in [-0.39, 0.29) is 5.91 Å². The molecular weight excluding hydrogens is 252 g/mol. The lowest BCUT2D eigenvalue weighted by Gasteiger charge is -2.12. The molecule has 0 aliphatic rings. The van der Waals surface area contributed by atoms with E-state index < -0.39 is 0 Å². The van der Waals surface area contributed by atoms with Gasteiger partial charge in [0.15, 0.2) is 0 Å². The van der Waals surface area contributed by atoms with Crippen LogP contribution in [0, 0.1) is 0 Å². The van der Waals surface area contributed by atoms with Gasteiger partial charge in [-0.2, -0.15) is 0 Å². The fraction of sp³-hybridized carbons (Fsp3) is 0.625. The van der Waals surface area contributed by atoms with Crippen LogP contribution in [0.25, 0.3) is 0 Å². The van der Waals surface area contributed by atoms with E-state index in [2.05, 4.69) is 24.1 Å². The zero-order valence-corrected chi connectivity index (χ0v) is 12.8. The number of primary amides is 1. The Labute approximate surface area is 122 Å². The minimum atomic E-state index is -0.345. The predicted molar refractivity (Wildman–Crippen MR) is 83.4 cm³/mol. The Morgan fingerprint density at radius 1 is 1.10 bits per heavy atom. The molecule has 0 radical (unpaired) electrons. The largest absolute Gasteiger partial charge is 0.366 e. The molecule has 0 aromatic rings. The van der Waals surface area contributed by atoms with Gasteiger partial charge in [0, 0.05) is 25.1 Å². The Hall–Kier alpha value is -1.42. The van der Waals surface area contributed by atoms with Crippen molar-refractivity contribution in [2.45, 2.75) is 45.4 Å². The second-order valence-electron chi connectivity index (χ2n) is 5.08. The van der Waals surface area contributed by atoms with Gasteiger partial charge in [-0.3, -0.25) is 4.79 Å². The molecule has 0 aliphatic heterocycles. The third-order valence-electron chi connectivity index (χ3n) is 3.13. The van der Waals surface area contributed by atoms with Gasteiger partial charge in [0.25, 0.3) is 0 Å². The van der Waals surface area contributed by atoms with Crippen molar-refractivity contribution in [3.8, 4) is 0 Å². The highest BCUT2D eigenvalue weighted by Gasteiger charge is 1.97. The summed E-state index contributed by atoms with van der Waals surface area (Å²) in [6.07, 6.45) is 13.1. The molecule has 4 nitrogen and oxygen atoms in total. The molecule has 0 saturated heterocycles. The summed E-state index contributed by atoms with van der Waals surface area (Å²) < 4.78 is 0. The monoisotopic (exact) mass is 280 g/mol. The van der Waals surface area contributed by atoms with Crippen LogP contribution in [0.15, 0.2) is 23.8 Å². The third kappa shape index (κ3) is 11.7. The average Bonchev–Trinajstić information content (AvgIpc) is 2.41. The summed E-state index contributed by atoms with van der Waals surface area (Å²) in [6.45, 7) is 3.57. The first-order chi connectivity index (χ1) is 9.57. The van der Waals surface area contributed by atoms with Crippen LogP contribution in [0.2, 0.25) is 0 Å². The Kier molecular flexibility index (Phi) is 11.7. The maximum Gasteiger partial charge on any atom is 0.244 e. The van der Waals surface area contributed by atoms with Crippen LogP contribution >= 0.6 is 0 Å². The van der Waals surface area contributed by atoms with Crippen molar-refractivity contribution in [2.24, 2.45) is 5.73 Å². The topological polar surface area (TPSA) is 63.4 Å². The lowest BCUT2D eigenvalue weighted by Crippen LogP contribution is -2.19. The minimum Gasteiger partial charge on any atom is -0.366 e. The SMILES string of the molecule is CC(=CCCN(C)CC=CCCCCCC=O)C(N)=O. The zero-order chi connectivity index (χ0) is 15.2. The molecule has 0 unspecified atom stereocenters. The van der Waals surface area contributed by atoms with Gasteiger partial charge in [0.1, 0.15) is 6.29 Å². The molecule has 0 spiro atoms. The van der Waals surface area contributed by atoms with Gasteiger partial charge in [-0.1, -0.05) is 24.6 Å². The highest BCUT2D eigenvalue weighted by molar-refractivity contribution is 5.91. The molecule has 0 rings (SSSR count). The Bertz CT molecular complexity index is 335. The van der Waals surface area contributed by atoms with Crippen molar-refractivity contribution in [3.05, 3.63) is 23.8 Å². The number of nitrogens with two attached hydrogens (primary N) is 1. The highest BCUT2D eigenvalue weighted by Crippen LogP contribution is 2.02. The first-order valence-electron chi connectivity index (χ1n) is 7.31. The van der Waals surface area contributed by atoms with E-state index >= 15 is 0 Å². The second-order valence-corrected chi connectivity index (χ2v) is 5.08. The van der Waals surface area contributed by atoms with Crippen molar-refractivity contribution in [2.75, 3.05) is 20.1 Å². The molecule has 2 N–H and O–H groups in total. The second kappa shape index (κ2) is 12.6. The molecule has 0 aromatic carbocycles. The first kappa shape index (κ1) is 18.6.